The number of rotatable bonds is 3. The number of aliphatic carboxylic acids is 1. The zero-order valence-electron chi connectivity index (χ0n) is 9.11. The van der Waals surface area contributed by atoms with Gasteiger partial charge in [0.15, 0.2) is 0 Å². The van der Waals surface area contributed by atoms with E-state index in [1.807, 2.05) is 31.2 Å². The van der Waals surface area contributed by atoms with Gasteiger partial charge in [0.2, 0.25) is 0 Å². The number of carboxylic acids is 1. The monoisotopic (exact) mass is 311 g/mol. The molecule has 0 spiro atoms. The van der Waals surface area contributed by atoms with Gasteiger partial charge in [-0.2, -0.15) is 0 Å². The molecular weight excluding hydrogens is 302 g/mol. The lowest BCUT2D eigenvalue weighted by Crippen LogP contribution is -1.98. The lowest BCUT2D eigenvalue weighted by atomic mass is 10.2. The second-order valence-corrected chi connectivity index (χ2v) is 5.60. The van der Waals surface area contributed by atoms with Gasteiger partial charge < -0.3 is 5.11 Å². The summed E-state index contributed by atoms with van der Waals surface area (Å²) in [6, 6.07) is 7.92. The van der Waals surface area contributed by atoms with E-state index in [4.69, 9.17) is 5.11 Å². The molecule has 0 aliphatic carbocycles. The summed E-state index contributed by atoms with van der Waals surface area (Å²) in [6.45, 7) is 1.90. The zero-order chi connectivity index (χ0) is 12.4. The number of carboxylic acid groups (broad SMARTS) is 1. The molecule has 5 heteroatoms. The summed E-state index contributed by atoms with van der Waals surface area (Å²) < 4.78 is 1.02. The van der Waals surface area contributed by atoms with Gasteiger partial charge in [-0.3, -0.25) is 4.79 Å². The van der Waals surface area contributed by atoms with Crippen molar-refractivity contribution in [1.29, 1.82) is 0 Å². The minimum atomic E-state index is -0.846. The quantitative estimate of drug-likeness (QED) is 0.943. The van der Waals surface area contributed by atoms with Crippen LogP contribution in [0.4, 0.5) is 0 Å². The fourth-order valence-corrected chi connectivity index (χ4v) is 2.85. The third kappa shape index (κ3) is 2.92. The van der Waals surface area contributed by atoms with Gasteiger partial charge in [0.25, 0.3) is 0 Å². The van der Waals surface area contributed by atoms with E-state index in [-0.39, 0.29) is 6.42 Å². The number of thiazole rings is 1. The van der Waals surface area contributed by atoms with Crippen molar-refractivity contribution in [2.45, 2.75) is 13.3 Å². The van der Waals surface area contributed by atoms with Crippen LogP contribution in [-0.4, -0.2) is 16.1 Å². The van der Waals surface area contributed by atoms with Crippen molar-refractivity contribution in [2.75, 3.05) is 0 Å². The molecule has 0 amide bonds. The Bertz CT molecular complexity index is 548. The Morgan fingerprint density at radius 1 is 1.41 bits per heavy atom. The highest BCUT2D eigenvalue weighted by Crippen LogP contribution is 2.30. The van der Waals surface area contributed by atoms with E-state index in [2.05, 4.69) is 20.9 Å². The SMILES string of the molecule is Cc1nc(CC(=O)O)sc1-c1ccc(Br)cc1. The second kappa shape index (κ2) is 4.98. The molecule has 2 aromatic rings. The molecule has 0 saturated carbocycles. The van der Waals surface area contributed by atoms with Crippen LogP contribution < -0.4 is 0 Å². The lowest BCUT2D eigenvalue weighted by Gasteiger charge is -1.98. The Morgan fingerprint density at radius 2 is 2.06 bits per heavy atom. The molecule has 0 fully saturated rings. The minimum absolute atomic E-state index is 0.0119. The lowest BCUT2D eigenvalue weighted by molar-refractivity contribution is -0.136. The van der Waals surface area contributed by atoms with Gasteiger partial charge in [0.05, 0.1) is 17.0 Å². The molecule has 0 atom stereocenters. The van der Waals surface area contributed by atoms with E-state index < -0.39 is 5.97 Å². The second-order valence-electron chi connectivity index (χ2n) is 3.60. The van der Waals surface area contributed by atoms with E-state index in [0.717, 1.165) is 20.6 Å². The smallest absolute Gasteiger partial charge is 0.310 e. The van der Waals surface area contributed by atoms with Crippen LogP contribution in [-0.2, 0) is 11.2 Å². The van der Waals surface area contributed by atoms with E-state index in [9.17, 15) is 4.79 Å². The summed E-state index contributed by atoms with van der Waals surface area (Å²) in [7, 11) is 0. The van der Waals surface area contributed by atoms with Crippen molar-refractivity contribution in [3.63, 3.8) is 0 Å². The minimum Gasteiger partial charge on any atom is -0.481 e. The standard InChI is InChI=1S/C12H10BrNO2S/c1-7-12(8-2-4-9(13)5-3-8)17-10(14-7)6-11(15)16/h2-5H,6H2,1H3,(H,15,16). The maximum atomic E-state index is 10.6. The van der Waals surface area contributed by atoms with E-state index in [0.29, 0.717) is 5.01 Å². The molecule has 1 aromatic heterocycles. The summed E-state index contributed by atoms with van der Waals surface area (Å²) in [5.41, 5.74) is 1.95. The number of benzene rings is 1. The van der Waals surface area contributed by atoms with Gasteiger partial charge >= 0.3 is 5.97 Å². The fraction of sp³-hybridized carbons (Fsp3) is 0.167. The first-order valence-corrected chi connectivity index (χ1v) is 6.61. The number of carbonyl (C=O) groups is 1. The predicted octanol–water partition coefficient (Wildman–Crippen LogP) is 3.51. The van der Waals surface area contributed by atoms with Crippen molar-refractivity contribution in [3.05, 3.63) is 39.4 Å². The van der Waals surface area contributed by atoms with Gasteiger partial charge in [0.1, 0.15) is 5.01 Å². The molecule has 2 rings (SSSR count). The van der Waals surface area contributed by atoms with Crippen molar-refractivity contribution in [3.8, 4) is 10.4 Å². The Balaban J connectivity index is 2.35. The average Bonchev–Trinajstić information content (AvgIpc) is 2.59. The van der Waals surface area contributed by atoms with E-state index in [1.54, 1.807) is 0 Å². The normalized spacial score (nSPS) is 10.5. The Kier molecular flexibility index (Phi) is 3.59. The van der Waals surface area contributed by atoms with Crippen LogP contribution in [0.3, 0.4) is 0 Å². The highest BCUT2D eigenvalue weighted by atomic mass is 79.9. The molecule has 88 valence electrons. The van der Waals surface area contributed by atoms with Crippen LogP contribution >= 0.6 is 27.3 Å². The fourth-order valence-electron chi connectivity index (χ4n) is 1.53. The van der Waals surface area contributed by atoms with Crippen LogP contribution in [0, 0.1) is 6.92 Å². The molecule has 0 radical (unpaired) electrons. The molecule has 0 unspecified atom stereocenters. The zero-order valence-corrected chi connectivity index (χ0v) is 11.5. The van der Waals surface area contributed by atoms with Gasteiger partial charge in [-0.1, -0.05) is 28.1 Å². The van der Waals surface area contributed by atoms with Gasteiger partial charge in [0, 0.05) is 4.47 Å². The number of halogens is 1. The number of aryl methyl sites for hydroxylation is 1. The van der Waals surface area contributed by atoms with Crippen molar-refractivity contribution < 1.29 is 9.90 Å². The Morgan fingerprint density at radius 3 is 2.65 bits per heavy atom. The van der Waals surface area contributed by atoms with E-state index >= 15 is 0 Å². The van der Waals surface area contributed by atoms with Crippen LogP contribution in [0.5, 0.6) is 0 Å². The molecule has 17 heavy (non-hydrogen) atoms. The molecule has 0 aliphatic rings. The maximum absolute atomic E-state index is 10.6. The first-order valence-electron chi connectivity index (χ1n) is 5.00. The Hall–Kier alpha value is -1.20. The summed E-state index contributed by atoms with van der Waals surface area (Å²) in [5.74, 6) is -0.846. The summed E-state index contributed by atoms with van der Waals surface area (Å²) >= 11 is 4.82. The maximum Gasteiger partial charge on any atom is 0.310 e. The van der Waals surface area contributed by atoms with Crippen LogP contribution in [0.25, 0.3) is 10.4 Å². The molecule has 0 bridgehead atoms. The third-order valence-electron chi connectivity index (χ3n) is 2.25. The van der Waals surface area contributed by atoms with Gasteiger partial charge in [-0.15, -0.1) is 11.3 Å². The average molecular weight is 312 g/mol. The van der Waals surface area contributed by atoms with Crippen molar-refractivity contribution in [2.24, 2.45) is 0 Å². The highest BCUT2D eigenvalue weighted by Gasteiger charge is 2.11. The van der Waals surface area contributed by atoms with Crippen LogP contribution in [0.1, 0.15) is 10.7 Å². The largest absolute Gasteiger partial charge is 0.481 e. The van der Waals surface area contributed by atoms with Crippen LogP contribution in [0.2, 0.25) is 0 Å². The molecule has 0 saturated heterocycles. The predicted molar refractivity (Wildman–Crippen MR) is 71.3 cm³/mol. The molecule has 1 N–H and O–H groups in total. The topological polar surface area (TPSA) is 50.2 Å². The number of hydrogen-bond donors (Lipinski definition) is 1. The molecule has 3 nitrogen and oxygen atoms in total. The van der Waals surface area contributed by atoms with E-state index in [1.165, 1.54) is 11.3 Å². The summed E-state index contributed by atoms with van der Waals surface area (Å²) in [4.78, 5) is 15.9. The highest BCUT2D eigenvalue weighted by molar-refractivity contribution is 9.10. The van der Waals surface area contributed by atoms with Crippen molar-refractivity contribution >= 4 is 33.2 Å². The van der Waals surface area contributed by atoms with Gasteiger partial charge in [-0.25, -0.2) is 4.98 Å². The molecule has 0 aliphatic heterocycles. The Labute approximate surface area is 111 Å². The molecule has 1 aromatic carbocycles. The number of hydrogen-bond acceptors (Lipinski definition) is 3. The van der Waals surface area contributed by atoms with Gasteiger partial charge in [-0.05, 0) is 24.6 Å². The van der Waals surface area contributed by atoms with Crippen molar-refractivity contribution in [1.82, 2.24) is 4.98 Å². The molecular formula is C12H10BrNO2S. The number of aromatic nitrogens is 1. The van der Waals surface area contributed by atoms with Crippen LogP contribution in [0.15, 0.2) is 28.7 Å². The molecule has 1 heterocycles. The first kappa shape index (κ1) is 12.3. The summed E-state index contributed by atoms with van der Waals surface area (Å²) in [6.07, 6.45) is -0.0119. The third-order valence-corrected chi connectivity index (χ3v) is 3.98. The first-order chi connectivity index (χ1) is 8.06. The number of nitrogens with zero attached hydrogens (tertiary/aromatic N) is 1. The summed E-state index contributed by atoms with van der Waals surface area (Å²) in [5, 5.41) is 9.38.